The van der Waals surface area contributed by atoms with Crippen molar-refractivity contribution < 1.29 is 9.59 Å². The van der Waals surface area contributed by atoms with E-state index in [2.05, 4.69) is 5.32 Å². The standard InChI is InChI=1S/C11H21N3O2/c1-9(15)13(4)11(2,3)10(16)14-7-5-12-6-8-14/h12H,5-8H2,1-4H3. The van der Waals surface area contributed by atoms with Gasteiger partial charge in [0.15, 0.2) is 0 Å². The normalized spacial score (nSPS) is 17.1. The van der Waals surface area contributed by atoms with Crippen molar-refractivity contribution in [1.29, 1.82) is 0 Å². The molecule has 0 aliphatic carbocycles. The fourth-order valence-corrected chi connectivity index (χ4v) is 1.79. The van der Waals surface area contributed by atoms with Gasteiger partial charge >= 0.3 is 0 Å². The highest BCUT2D eigenvalue weighted by atomic mass is 16.2. The van der Waals surface area contributed by atoms with Crippen LogP contribution in [0.2, 0.25) is 0 Å². The first-order chi connectivity index (χ1) is 7.37. The second-order valence-corrected chi connectivity index (χ2v) is 4.68. The van der Waals surface area contributed by atoms with E-state index in [9.17, 15) is 9.59 Å². The summed E-state index contributed by atoms with van der Waals surface area (Å²) in [5.74, 6) is -0.0693. The average Bonchev–Trinajstić information content (AvgIpc) is 2.28. The minimum Gasteiger partial charge on any atom is -0.338 e. The van der Waals surface area contributed by atoms with E-state index >= 15 is 0 Å². The van der Waals surface area contributed by atoms with Crippen LogP contribution in [0.25, 0.3) is 0 Å². The van der Waals surface area contributed by atoms with Gasteiger partial charge in [-0.2, -0.15) is 0 Å². The highest BCUT2D eigenvalue weighted by molar-refractivity contribution is 5.90. The van der Waals surface area contributed by atoms with E-state index in [-0.39, 0.29) is 11.8 Å². The van der Waals surface area contributed by atoms with Gasteiger partial charge in [-0.05, 0) is 13.8 Å². The summed E-state index contributed by atoms with van der Waals surface area (Å²) in [5.41, 5.74) is -0.761. The number of amides is 2. The summed E-state index contributed by atoms with van der Waals surface area (Å²) < 4.78 is 0. The summed E-state index contributed by atoms with van der Waals surface area (Å²) >= 11 is 0. The van der Waals surface area contributed by atoms with Gasteiger partial charge in [0.1, 0.15) is 5.54 Å². The Morgan fingerprint density at radius 3 is 2.19 bits per heavy atom. The van der Waals surface area contributed by atoms with Crippen LogP contribution in [0, 0.1) is 0 Å². The maximum absolute atomic E-state index is 12.3. The van der Waals surface area contributed by atoms with Crippen LogP contribution >= 0.6 is 0 Å². The molecule has 0 aromatic carbocycles. The van der Waals surface area contributed by atoms with E-state index < -0.39 is 5.54 Å². The topological polar surface area (TPSA) is 52.7 Å². The molecule has 1 heterocycles. The summed E-state index contributed by atoms with van der Waals surface area (Å²) in [5, 5.41) is 3.20. The van der Waals surface area contributed by atoms with E-state index in [1.54, 1.807) is 20.9 Å². The van der Waals surface area contributed by atoms with Crippen molar-refractivity contribution in [2.75, 3.05) is 33.2 Å². The van der Waals surface area contributed by atoms with Crippen molar-refractivity contribution >= 4 is 11.8 Å². The average molecular weight is 227 g/mol. The number of likely N-dealkylation sites (N-methyl/N-ethyl adjacent to an activating group) is 1. The van der Waals surface area contributed by atoms with Crippen LogP contribution < -0.4 is 5.32 Å². The van der Waals surface area contributed by atoms with Gasteiger partial charge < -0.3 is 15.1 Å². The summed E-state index contributed by atoms with van der Waals surface area (Å²) in [4.78, 5) is 26.9. The summed E-state index contributed by atoms with van der Waals surface area (Å²) in [6, 6.07) is 0. The van der Waals surface area contributed by atoms with Gasteiger partial charge in [-0.3, -0.25) is 9.59 Å². The Kier molecular flexibility index (Phi) is 3.91. The second kappa shape index (κ2) is 4.82. The van der Waals surface area contributed by atoms with Crippen LogP contribution in [0.15, 0.2) is 0 Å². The maximum Gasteiger partial charge on any atom is 0.248 e. The Balaban J connectivity index is 2.73. The molecule has 5 nitrogen and oxygen atoms in total. The number of nitrogens with one attached hydrogen (secondary N) is 1. The second-order valence-electron chi connectivity index (χ2n) is 4.68. The van der Waals surface area contributed by atoms with Crippen LogP contribution in [0.5, 0.6) is 0 Å². The number of hydrogen-bond acceptors (Lipinski definition) is 3. The molecule has 0 saturated carbocycles. The van der Waals surface area contributed by atoms with Gasteiger partial charge in [0.2, 0.25) is 11.8 Å². The number of carbonyl (C=O) groups excluding carboxylic acids is 2. The largest absolute Gasteiger partial charge is 0.338 e. The van der Waals surface area contributed by atoms with Gasteiger partial charge in [-0.25, -0.2) is 0 Å². The number of nitrogens with zero attached hydrogens (tertiary/aromatic N) is 2. The molecule has 1 saturated heterocycles. The van der Waals surface area contributed by atoms with Gasteiger partial charge in [0.25, 0.3) is 0 Å². The van der Waals surface area contributed by atoms with E-state index in [4.69, 9.17) is 0 Å². The van der Waals surface area contributed by atoms with Crippen LogP contribution in [-0.4, -0.2) is 60.4 Å². The number of rotatable bonds is 2. The Morgan fingerprint density at radius 1 is 1.25 bits per heavy atom. The zero-order valence-corrected chi connectivity index (χ0v) is 10.5. The van der Waals surface area contributed by atoms with Crippen LogP contribution in [0.3, 0.4) is 0 Å². The number of carbonyl (C=O) groups is 2. The third kappa shape index (κ3) is 2.52. The quantitative estimate of drug-likeness (QED) is 0.703. The van der Waals surface area contributed by atoms with Crippen molar-refractivity contribution in [2.24, 2.45) is 0 Å². The molecule has 0 unspecified atom stereocenters. The Bertz CT molecular complexity index is 283. The molecular formula is C11H21N3O2. The molecule has 16 heavy (non-hydrogen) atoms. The first-order valence-electron chi connectivity index (χ1n) is 5.62. The van der Waals surface area contributed by atoms with Gasteiger partial charge in [-0.1, -0.05) is 0 Å². The van der Waals surface area contributed by atoms with E-state index in [0.29, 0.717) is 13.1 Å². The highest BCUT2D eigenvalue weighted by Crippen LogP contribution is 2.16. The van der Waals surface area contributed by atoms with Crippen molar-refractivity contribution in [3.8, 4) is 0 Å². The molecule has 1 fully saturated rings. The van der Waals surface area contributed by atoms with Crippen molar-refractivity contribution in [1.82, 2.24) is 15.1 Å². The van der Waals surface area contributed by atoms with E-state index in [1.807, 2.05) is 4.90 Å². The molecule has 0 radical (unpaired) electrons. The molecule has 0 bridgehead atoms. The van der Waals surface area contributed by atoms with Gasteiger partial charge in [0.05, 0.1) is 0 Å². The predicted octanol–water partition coefficient (Wildman–Crippen LogP) is -0.325. The smallest absolute Gasteiger partial charge is 0.248 e. The zero-order valence-electron chi connectivity index (χ0n) is 10.5. The monoisotopic (exact) mass is 227 g/mol. The molecule has 5 heteroatoms. The molecule has 0 aromatic rings. The maximum atomic E-state index is 12.3. The van der Waals surface area contributed by atoms with E-state index in [1.165, 1.54) is 11.8 Å². The first kappa shape index (κ1) is 13.0. The third-order valence-corrected chi connectivity index (χ3v) is 3.24. The SMILES string of the molecule is CC(=O)N(C)C(C)(C)C(=O)N1CCNCC1. The molecule has 92 valence electrons. The molecule has 1 rings (SSSR count). The van der Waals surface area contributed by atoms with Crippen molar-refractivity contribution in [3.63, 3.8) is 0 Å². The molecule has 0 atom stereocenters. The van der Waals surface area contributed by atoms with Gasteiger partial charge in [-0.15, -0.1) is 0 Å². The molecule has 0 spiro atoms. The molecular weight excluding hydrogens is 206 g/mol. The number of hydrogen-bond donors (Lipinski definition) is 1. The lowest BCUT2D eigenvalue weighted by Gasteiger charge is -2.39. The predicted molar refractivity (Wildman–Crippen MR) is 62.0 cm³/mol. The Labute approximate surface area is 96.8 Å². The lowest BCUT2D eigenvalue weighted by atomic mass is 10.0. The van der Waals surface area contributed by atoms with Crippen LogP contribution in [0.4, 0.5) is 0 Å². The van der Waals surface area contributed by atoms with Crippen LogP contribution in [0.1, 0.15) is 20.8 Å². The number of piperazine rings is 1. The lowest BCUT2D eigenvalue weighted by molar-refractivity contribution is -0.149. The molecule has 1 aliphatic rings. The molecule has 2 amide bonds. The lowest BCUT2D eigenvalue weighted by Crippen LogP contribution is -2.59. The fourth-order valence-electron chi connectivity index (χ4n) is 1.79. The Hall–Kier alpha value is -1.10. The van der Waals surface area contributed by atoms with Crippen molar-refractivity contribution in [2.45, 2.75) is 26.3 Å². The zero-order chi connectivity index (χ0) is 12.3. The van der Waals surface area contributed by atoms with E-state index in [0.717, 1.165) is 13.1 Å². The summed E-state index contributed by atoms with van der Waals surface area (Å²) in [6.07, 6.45) is 0. The third-order valence-electron chi connectivity index (χ3n) is 3.24. The first-order valence-corrected chi connectivity index (χ1v) is 5.62. The van der Waals surface area contributed by atoms with Gasteiger partial charge in [0, 0.05) is 40.2 Å². The highest BCUT2D eigenvalue weighted by Gasteiger charge is 2.37. The minimum absolute atomic E-state index is 0.0201. The van der Waals surface area contributed by atoms with Crippen LogP contribution in [-0.2, 0) is 9.59 Å². The minimum atomic E-state index is -0.761. The molecule has 1 aliphatic heterocycles. The Morgan fingerprint density at radius 2 is 1.75 bits per heavy atom. The summed E-state index contributed by atoms with van der Waals surface area (Å²) in [6.45, 7) is 8.14. The molecule has 0 aromatic heterocycles. The molecule has 1 N–H and O–H groups in total. The van der Waals surface area contributed by atoms with Crippen molar-refractivity contribution in [3.05, 3.63) is 0 Å². The summed E-state index contributed by atoms with van der Waals surface area (Å²) in [7, 11) is 1.67. The fraction of sp³-hybridized carbons (Fsp3) is 0.818.